The normalized spacial score (nSPS) is 14.5. The Balaban J connectivity index is 1.48. The third kappa shape index (κ3) is 5.01. The number of nitrogens with zero attached hydrogens (tertiary/aromatic N) is 2. The lowest BCUT2D eigenvalue weighted by Gasteiger charge is -2.27. The molecule has 0 bridgehead atoms. The summed E-state index contributed by atoms with van der Waals surface area (Å²) in [4.78, 5) is 11.8. The molecule has 3 aromatic carbocycles. The second kappa shape index (κ2) is 10.4. The van der Waals surface area contributed by atoms with Gasteiger partial charge in [-0.15, -0.1) is 0 Å². The predicted molar refractivity (Wildman–Crippen MR) is 154 cm³/mol. The Morgan fingerprint density at radius 2 is 1.76 bits per heavy atom. The quantitative estimate of drug-likeness (QED) is 0.304. The molecule has 0 spiro atoms. The monoisotopic (exact) mass is 547 g/mol. The second-order valence-corrected chi connectivity index (χ2v) is 12.1. The first-order valence-corrected chi connectivity index (χ1v) is 14.4. The summed E-state index contributed by atoms with van der Waals surface area (Å²) in [6.45, 7) is 6.68. The van der Waals surface area contributed by atoms with Crippen LogP contribution >= 0.6 is 11.6 Å². The smallest absolute Gasteiger partial charge is 0.245 e. The minimum Gasteiger partial charge on any atom is -0.340 e. The number of benzene rings is 3. The number of sulfonamides is 1. The Bertz CT molecular complexity index is 1670. The highest BCUT2D eigenvalue weighted by atomic mass is 35.5. The Hall–Kier alpha value is -3.39. The van der Waals surface area contributed by atoms with Crippen molar-refractivity contribution in [2.75, 3.05) is 18.4 Å². The molecule has 2 heterocycles. The molecule has 8 heteroatoms. The second-order valence-electron chi connectivity index (χ2n) is 9.71. The van der Waals surface area contributed by atoms with Crippen LogP contribution in [0.1, 0.15) is 35.7 Å². The van der Waals surface area contributed by atoms with E-state index in [9.17, 15) is 13.2 Å². The number of amides is 1. The first kappa shape index (κ1) is 26.2. The fourth-order valence-electron chi connectivity index (χ4n) is 5.18. The highest BCUT2D eigenvalue weighted by Gasteiger charge is 2.30. The summed E-state index contributed by atoms with van der Waals surface area (Å²) in [5, 5.41) is 4.54. The molecule has 0 radical (unpaired) electrons. The molecule has 1 aromatic heterocycles. The molecular formula is C30H30ClN3O3S. The van der Waals surface area contributed by atoms with Gasteiger partial charge in [0.2, 0.25) is 15.9 Å². The number of hydrogen-bond donors (Lipinski definition) is 1. The lowest BCUT2D eigenvalue weighted by molar-refractivity contribution is -0.114. The Kier molecular flexibility index (Phi) is 7.18. The number of fused-ring (bicyclic) bond motifs is 1. The summed E-state index contributed by atoms with van der Waals surface area (Å²) in [6.07, 6.45) is 2.62. The molecule has 196 valence electrons. The third-order valence-electron chi connectivity index (χ3n) is 7.04. The molecule has 6 nitrogen and oxygen atoms in total. The van der Waals surface area contributed by atoms with Crippen LogP contribution < -0.4 is 5.32 Å². The molecule has 0 atom stereocenters. The maximum atomic E-state index is 13.6. The average Bonchev–Trinajstić information content (AvgIpc) is 3.17. The molecular weight excluding hydrogens is 518 g/mol. The van der Waals surface area contributed by atoms with Gasteiger partial charge >= 0.3 is 0 Å². The van der Waals surface area contributed by atoms with Crippen LogP contribution in [0.2, 0.25) is 5.02 Å². The van der Waals surface area contributed by atoms with E-state index in [2.05, 4.69) is 28.9 Å². The van der Waals surface area contributed by atoms with Crippen molar-refractivity contribution in [2.45, 2.75) is 38.6 Å². The summed E-state index contributed by atoms with van der Waals surface area (Å²) in [7, 11) is -3.80. The van der Waals surface area contributed by atoms with Gasteiger partial charge in [-0.1, -0.05) is 54.1 Å². The van der Waals surface area contributed by atoms with Gasteiger partial charge in [-0.2, -0.15) is 4.31 Å². The molecule has 5 rings (SSSR count). The number of carbonyl (C=O) groups is 1. The highest BCUT2D eigenvalue weighted by molar-refractivity contribution is 7.89. The van der Waals surface area contributed by atoms with Crippen molar-refractivity contribution in [3.05, 3.63) is 100 Å². The van der Waals surface area contributed by atoms with Crippen LogP contribution in [0.5, 0.6) is 0 Å². The van der Waals surface area contributed by atoms with Crippen LogP contribution in [0.3, 0.4) is 0 Å². The molecule has 1 amide bonds. The molecule has 0 fully saturated rings. The van der Waals surface area contributed by atoms with Crippen molar-refractivity contribution in [3.63, 3.8) is 0 Å². The molecule has 0 saturated carbocycles. The Morgan fingerprint density at radius 3 is 2.45 bits per heavy atom. The van der Waals surface area contributed by atoms with Crippen LogP contribution in [-0.4, -0.2) is 36.3 Å². The maximum Gasteiger partial charge on any atom is 0.245 e. The maximum absolute atomic E-state index is 13.6. The van der Waals surface area contributed by atoms with Gasteiger partial charge in [-0.25, -0.2) is 8.42 Å². The number of anilines is 1. The van der Waals surface area contributed by atoms with Crippen LogP contribution in [0.25, 0.3) is 16.5 Å². The molecule has 0 unspecified atom stereocenters. The van der Waals surface area contributed by atoms with Gasteiger partial charge < -0.3 is 9.88 Å². The minimum absolute atomic E-state index is 0.125. The van der Waals surface area contributed by atoms with E-state index in [1.807, 2.05) is 49.4 Å². The van der Waals surface area contributed by atoms with Crippen molar-refractivity contribution in [1.29, 1.82) is 0 Å². The number of carbonyl (C=O) groups excluding carboxylic acids is 1. The highest BCUT2D eigenvalue weighted by Crippen LogP contribution is 2.36. The number of nitrogens with one attached hydrogen (secondary N) is 1. The third-order valence-corrected chi connectivity index (χ3v) is 9.20. The van der Waals surface area contributed by atoms with Crippen molar-refractivity contribution >= 4 is 49.7 Å². The molecule has 1 N–H and O–H groups in total. The van der Waals surface area contributed by atoms with E-state index in [0.717, 1.165) is 39.8 Å². The lowest BCUT2D eigenvalue weighted by atomic mass is 9.97. The summed E-state index contributed by atoms with van der Waals surface area (Å²) in [5.74, 6) is -0.309. The first-order valence-electron chi connectivity index (χ1n) is 12.5. The van der Waals surface area contributed by atoms with E-state index in [1.165, 1.54) is 16.8 Å². The summed E-state index contributed by atoms with van der Waals surface area (Å²) < 4.78 is 31.0. The zero-order valence-electron chi connectivity index (χ0n) is 21.7. The summed E-state index contributed by atoms with van der Waals surface area (Å²) >= 11 is 6.09. The minimum atomic E-state index is -3.80. The Morgan fingerprint density at radius 1 is 1.03 bits per heavy atom. The summed E-state index contributed by atoms with van der Waals surface area (Å²) in [6, 6.07) is 21.3. The molecule has 38 heavy (non-hydrogen) atoms. The number of aromatic nitrogens is 1. The predicted octanol–water partition coefficient (Wildman–Crippen LogP) is 6.40. The fraction of sp³-hybridized carbons (Fsp3) is 0.233. The number of para-hydroxylation sites is 1. The lowest BCUT2D eigenvalue weighted by Crippen LogP contribution is -2.35. The van der Waals surface area contributed by atoms with Crippen molar-refractivity contribution < 1.29 is 13.2 Å². The van der Waals surface area contributed by atoms with Gasteiger partial charge in [0.15, 0.2) is 0 Å². The van der Waals surface area contributed by atoms with E-state index >= 15 is 0 Å². The number of rotatable bonds is 6. The van der Waals surface area contributed by atoms with E-state index in [4.69, 9.17) is 11.6 Å². The molecule has 0 aliphatic carbocycles. The topological polar surface area (TPSA) is 71.4 Å². The number of hydrogen-bond acceptors (Lipinski definition) is 3. The van der Waals surface area contributed by atoms with Gasteiger partial charge in [-0.05, 0) is 67.3 Å². The standard InChI is InChI=1S/C30H30ClN3O3S/c1-20-8-13-27(32-22(3)35)29(18-20)38(36,37)33-16-14-24(15-17-33)30-21(2)34(28-7-5-4-6-26(28)30)19-23-9-11-25(31)12-10-23/h4-14,18H,15-17,19H2,1-3H3,(H,32,35). The van der Waals surface area contributed by atoms with Gasteiger partial charge in [0.05, 0.1) is 5.69 Å². The van der Waals surface area contributed by atoms with Crippen molar-refractivity contribution in [1.82, 2.24) is 8.87 Å². The van der Waals surface area contributed by atoms with E-state index < -0.39 is 10.0 Å². The van der Waals surface area contributed by atoms with Crippen LogP contribution in [0, 0.1) is 13.8 Å². The Labute approximate surface area is 228 Å². The van der Waals surface area contributed by atoms with Crippen LogP contribution in [0.4, 0.5) is 5.69 Å². The van der Waals surface area contributed by atoms with Crippen molar-refractivity contribution in [2.24, 2.45) is 0 Å². The van der Waals surface area contributed by atoms with Crippen LogP contribution in [-0.2, 0) is 21.4 Å². The largest absolute Gasteiger partial charge is 0.340 e. The van der Waals surface area contributed by atoms with E-state index in [-0.39, 0.29) is 17.3 Å². The van der Waals surface area contributed by atoms with Gasteiger partial charge in [-0.3, -0.25) is 4.79 Å². The average molecular weight is 548 g/mol. The zero-order valence-corrected chi connectivity index (χ0v) is 23.2. The van der Waals surface area contributed by atoms with Crippen molar-refractivity contribution in [3.8, 4) is 0 Å². The summed E-state index contributed by atoms with van der Waals surface area (Å²) in [5.41, 5.74) is 6.88. The van der Waals surface area contributed by atoms with Gasteiger partial charge in [0.25, 0.3) is 0 Å². The SMILES string of the molecule is CC(=O)Nc1ccc(C)cc1S(=O)(=O)N1CC=C(c2c(C)n(Cc3ccc(Cl)cc3)c3ccccc23)CC1. The number of halogens is 1. The van der Waals surface area contributed by atoms with Gasteiger partial charge in [0, 0.05) is 53.7 Å². The fourth-order valence-corrected chi connectivity index (χ4v) is 6.92. The van der Waals surface area contributed by atoms with Crippen LogP contribution in [0.15, 0.2) is 77.7 Å². The number of aryl methyl sites for hydroxylation is 1. The van der Waals surface area contributed by atoms with E-state index in [1.54, 1.807) is 18.2 Å². The molecule has 1 aliphatic heterocycles. The zero-order chi connectivity index (χ0) is 27.0. The molecule has 0 saturated heterocycles. The first-order chi connectivity index (χ1) is 18.1. The van der Waals surface area contributed by atoms with Gasteiger partial charge in [0.1, 0.15) is 4.90 Å². The molecule has 4 aromatic rings. The van der Waals surface area contributed by atoms with E-state index in [0.29, 0.717) is 23.7 Å². The molecule has 1 aliphatic rings.